The molecular formula is C23H18Cl2N2O3S. The zero-order valence-corrected chi connectivity index (χ0v) is 19.1. The Morgan fingerprint density at radius 3 is 2.39 bits per heavy atom. The van der Waals surface area contributed by atoms with Crippen LogP contribution in [0, 0.1) is 13.8 Å². The first kappa shape index (κ1) is 21.6. The summed E-state index contributed by atoms with van der Waals surface area (Å²) < 4.78 is 2.03. The number of imide groups is 1. The lowest BCUT2D eigenvalue weighted by molar-refractivity contribution is -0.123. The maximum absolute atomic E-state index is 12.9. The van der Waals surface area contributed by atoms with Crippen LogP contribution >= 0.6 is 35.0 Å². The predicted molar refractivity (Wildman–Crippen MR) is 125 cm³/mol. The van der Waals surface area contributed by atoms with Crippen molar-refractivity contribution in [3.8, 4) is 11.4 Å². The highest BCUT2D eigenvalue weighted by atomic mass is 35.5. The van der Waals surface area contributed by atoms with Gasteiger partial charge in [-0.15, -0.1) is 0 Å². The van der Waals surface area contributed by atoms with E-state index >= 15 is 0 Å². The standard InChI is InChI=1S/C23H18Cl2N2O3S/c1-13-9-16(14(2)27(13)17-4-6-18(28)7-5-17)11-21-22(29)26(23(30)31-21)12-15-3-8-19(24)20(25)10-15/h3-11,28H,12H2,1-2H3/b21-11-. The highest BCUT2D eigenvalue weighted by Crippen LogP contribution is 2.35. The molecule has 158 valence electrons. The molecule has 3 aromatic rings. The third kappa shape index (κ3) is 4.24. The first-order valence-electron chi connectivity index (χ1n) is 9.42. The molecule has 0 aliphatic carbocycles. The third-order valence-electron chi connectivity index (χ3n) is 5.06. The average Bonchev–Trinajstić information content (AvgIpc) is 3.15. The van der Waals surface area contributed by atoms with Gasteiger partial charge in [0.2, 0.25) is 0 Å². The maximum Gasteiger partial charge on any atom is 0.293 e. The van der Waals surface area contributed by atoms with E-state index in [-0.39, 0.29) is 23.4 Å². The van der Waals surface area contributed by atoms with Crippen LogP contribution in [0.2, 0.25) is 10.0 Å². The number of aromatic hydroxyl groups is 1. The summed E-state index contributed by atoms with van der Waals surface area (Å²) >= 11 is 12.9. The SMILES string of the molecule is Cc1cc(/C=C2\SC(=O)N(Cc3ccc(Cl)c(Cl)c3)C2=O)c(C)n1-c1ccc(O)cc1. The van der Waals surface area contributed by atoms with Gasteiger partial charge in [0.05, 0.1) is 21.5 Å². The molecule has 1 aliphatic heterocycles. The summed E-state index contributed by atoms with van der Waals surface area (Å²) in [5.41, 5.74) is 4.39. The number of phenolic OH excluding ortho intramolecular Hbond substituents is 1. The second kappa shape index (κ2) is 8.46. The summed E-state index contributed by atoms with van der Waals surface area (Å²) in [5.74, 6) is -0.141. The molecule has 8 heteroatoms. The monoisotopic (exact) mass is 472 g/mol. The molecule has 0 spiro atoms. The van der Waals surface area contributed by atoms with Crippen LogP contribution in [0.15, 0.2) is 53.4 Å². The van der Waals surface area contributed by atoms with E-state index in [1.165, 1.54) is 4.90 Å². The largest absolute Gasteiger partial charge is 0.508 e. The van der Waals surface area contributed by atoms with Crippen LogP contribution in [0.25, 0.3) is 11.8 Å². The van der Waals surface area contributed by atoms with Crippen LogP contribution in [0.3, 0.4) is 0 Å². The topological polar surface area (TPSA) is 62.5 Å². The van der Waals surface area contributed by atoms with Crippen LogP contribution in [0.1, 0.15) is 22.5 Å². The lowest BCUT2D eigenvalue weighted by Gasteiger charge is -2.13. The van der Waals surface area contributed by atoms with Gasteiger partial charge in [-0.2, -0.15) is 0 Å². The second-order valence-corrected chi connectivity index (χ2v) is 9.00. The number of thioether (sulfide) groups is 1. The molecular weight excluding hydrogens is 455 g/mol. The molecule has 0 bridgehead atoms. The molecule has 4 rings (SSSR count). The highest BCUT2D eigenvalue weighted by molar-refractivity contribution is 8.18. The molecule has 2 heterocycles. The number of amides is 2. The Bertz CT molecular complexity index is 1230. The lowest BCUT2D eigenvalue weighted by Crippen LogP contribution is -2.27. The summed E-state index contributed by atoms with van der Waals surface area (Å²) in [6.45, 7) is 4.05. The van der Waals surface area contributed by atoms with E-state index in [0.29, 0.717) is 15.0 Å². The van der Waals surface area contributed by atoms with Gasteiger partial charge in [0.1, 0.15) is 5.75 Å². The number of benzene rings is 2. The number of phenols is 1. The minimum Gasteiger partial charge on any atom is -0.508 e. The number of aryl methyl sites for hydroxylation is 1. The highest BCUT2D eigenvalue weighted by Gasteiger charge is 2.35. The van der Waals surface area contributed by atoms with Crippen molar-refractivity contribution < 1.29 is 14.7 Å². The smallest absolute Gasteiger partial charge is 0.293 e. The Hall–Kier alpha value is -2.67. The minimum atomic E-state index is -0.337. The minimum absolute atomic E-state index is 0.130. The molecule has 0 unspecified atom stereocenters. The van der Waals surface area contributed by atoms with E-state index in [4.69, 9.17) is 23.2 Å². The van der Waals surface area contributed by atoms with Gasteiger partial charge in [-0.3, -0.25) is 14.5 Å². The first-order valence-corrected chi connectivity index (χ1v) is 11.0. The molecule has 31 heavy (non-hydrogen) atoms. The molecule has 2 aromatic carbocycles. The van der Waals surface area contributed by atoms with E-state index in [1.807, 2.05) is 36.6 Å². The van der Waals surface area contributed by atoms with Gasteiger partial charge >= 0.3 is 0 Å². The second-order valence-electron chi connectivity index (χ2n) is 7.19. The van der Waals surface area contributed by atoms with Crippen molar-refractivity contribution >= 4 is 52.2 Å². The van der Waals surface area contributed by atoms with E-state index in [0.717, 1.165) is 40.0 Å². The zero-order chi connectivity index (χ0) is 22.3. The average molecular weight is 473 g/mol. The van der Waals surface area contributed by atoms with E-state index < -0.39 is 0 Å². The summed E-state index contributed by atoms with van der Waals surface area (Å²) in [6, 6.07) is 13.9. The van der Waals surface area contributed by atoms with E-state index in [1.54, 1.807) is 36.4 Å². The van der Waals surface area contributed by atoms with Crippen molar-refractivity contribution in [1.29, 1.82) is 0 Å². The van der Waals surface area contributed by atoms with Crippen molar-refractivity contribution in [2.24, 2.45) is 0 Å². The molecule has 5 nitrogen and oxygen atoms in total. The van der Waals surface area contributed by atoms with Gasteiger partial charge in [-0.1, -0.05) is 29.3 Å². The summed E-state index contributed by atoms with van der Waals surface area (Å²) in [4.78, 5) is 27.0. The number of carbonyl (C=O) groups excluding carboxylic acids is 2. The van der Waals surface area contributed by atoms with Gasteiger partial charge in [0.15, 0.2) is 0 Å². The Balaban J connectivity index is 1.61. The fourth-order valence-corrected chi connectivity index (χ4v) is 4.68. The van der Waals surface area contributed by atoms with Crippen molar-refractivity contribution in [2.75, 3.05) is 0 Å². The Labute approximate surface area is 193 Å². The number of halogens is 2. The number of hydrogen-bond acceptors (Lipinski definition) is 4. The number of nitrogens with zero attached hydrogens (tertiary/aromatic N) is 2. The molecule has 2 amide bonds. The molecule has 0 saturated carbocycles. The fraction of sp³-hybridized carbons (Fsp3) is 0.130. The van der Waals surface area contributed by atoms with Crippen LogP contribution in [-0.4, -0.2) is 25.7 Å². The fourth-order valence-electron chi connectivity index (χ4n) is 3.53. The number of hydrogen-bond donors (Lipinski definition) is 1. The number of carbonyl (C=O) groups is 2. The Kier molecular flexibility index (Phi) is 5.88. The zero-order valence-electron chi connectivity index (χ0n) is 16.7. The quantitative estimate of drug-likeness (QED) is 0.449. The van der Waals surface area contributed by atoms with Crippen molar-refractivity contribution in [2.45, 2.75) is 20.4 Å². The molecule has 1 N–H and O–H groups in total. The number of aromatic nitrogens is 1. The van der Waals surface area contributed by atoms with Crippen molar-refractivity contribution in [1.82, 2.24) is 9.47 Å². The molecule has 0 radical (unpaired) electrons. The van der Waals surface area contributed by atoms with Crippen molar-refractivity contribution in [3.05, 3.63) is 86.0 Å². The van der Waals surface area contributed by atoms with Gasteiger partial charge in [0.25, 0.3) is 11.1 Å². The Morgan fingerprint density at radius 2 is 1.71 bits per heavy atom. The molecule has 0 atom stereocenters. The molecule has 1 aliphatic rings. The predicted octanol–water partition coefficient (Wildman–Crippen LogP) is 6.34. The summed E-state index contributed by atoms with van der Waals surface area (Å²) in [6.07, 6.45) is 1.75. The molecule has 1 saturated heterocycles. The first-order chi connectivity index (χ1) is 14.7. The van der Waals surface area contributed by atoms with Crippen LogP contribution in [0.5, 0.6) is 5.75 Å². The van der Waals surface area contributed by atoms with Gasteiger partial charge in [-0.05, 0) is 85.3 Å². The van der Waals surface area contributed by atoms with Gasteiger partial charge < -0.3 is 9.67 Å². The van der Waals surface area contributed by atoms with Gasteiger partial charge in [0, 0.05) is 17.1 Å². The number of rotatable bonds is 4. The normalized spacial score (nSPS) is 15.4. The van der Waals surface area contributed by atoms with E-state index in [9.17, 15) is 14.7 Å². The van der Waals surface area contributed by atoms with Crippen LogP contribution < -0.4 is 0 Å². The lowest BCUT2D eigenvalue weighted by atomic mass is 10.2. The van der Waals surface area contributed by atoms with Crippen molar-refractivity contribution in [3.63, 3.8) is 0 Å². The summed E-state index contributed by atoms with van der Waals surface area (Å²) in [7, 11) is 0. The van der Waals surface area contributed by atoms with Crippen LogP contribution in [-0.2, 0) is 11.3 Å². The molecule has 1 aromatic heterocycles. The summed E-state index contributed by atoms with van der Waals surface area (Å²) in [5, 5.41) is 10.0. The van der Waals surface area contributed by atoms with Gasteiger partial charge in [-0.25, -0.2) is 0 Å². The Morgan fingerprint density at radius 1 is 1.00 bits per heavy atom. The van der Waals surface area contributed by atoms with Crippen LogP contribution in [0.4, 0.5) is 4.79 Å². The maximum atomic E-state index is 12.9. The van der Waals surface area contributed by atoms with E-state index in [2.05, 4.69) is 0 Å². The molecule has 1 fully saturated rings. The third-order valence-corrected chi connectivity index (χ3v) is 6.71.